The van der Waals surface area contributed by atoms with Gasteiger partial charge in [-0.25, -0.2) is 55.5 Å². The van der Waals surface area contributed by atoms with E-state index in [0.717, 1.165) is 58.0 Å². The third kappa shape index (κ3) is 10.2. The molecule has 0 amide bonds. The maximum absolute atomic E-state index is 13.6. The van der Waals surface area contributed by atoms with Crippen LogP contribution in [0.25, 0.3) is 56.0 Å². The van der Waals surface area contributed by atoms with E-state index in [1.807, 2.05) is 84.2 Å². The van der Waals surface area contributed by atoms with Gasteiger partial charge in [0.2, 0.25) is 11.8 Å². The molecule has 0 fully saturated rings. The second-order valence-corrected chi connectivity index (χ2v) is 22.8. The van der Waals surface area contributed by atoms with Crippen LogP contribution in [0, 0.1) is 11.6 Å². The van der Waals surface area contributed by atoms with Gasteiger partial charge in [-0.2, -0.15) is 0 Å². The van der Waals surface area contributed by atoms with E-state index in [0.29, 0.717) is 34.5 Å². The van der Waals surface area contributed by atoms with Crippen molar-refractivity contribution in [2.24, 2.45) is 14.1 Å². The minimum absolute atomic E-state index is 0.237. The van der Waals surface area contributed by atoms with E-state index in [1.165, 1.54) is 14.2 Å². The molecule has 0 radical (unpaired) electrons. The van der Waals surface area contributed by atoms with Crippen molar-refractivity contribution in [2.75, 3.05) is 14.2 Å². The highest BCUT2D eigenvalue weighted by Gasteiger charge is 2.35. The van der Waals surface area contributed by atoms with Gasteiger partial charge in [0.1, 0.15) is 23.2 Å². The zero-order valence-corrected chi connectivity index (χ0v) is 44.2. The molecule has 0 bridgehead atoms. The lowest BCUT2D eigenvalue weighted by Gasteiger charge is -2.19. The van der Waals surface area contributed by atoms with Crippen LogP contribution in [0.1, 0.15) is 62.8 Å². The number of aromatic nitrogens is 14. The number of methoxy groups -OCH3 is 2. The second kappa shape index (κ2) is 21.5. The van der Waals surface area contributed by atoms with Crippen molar-refractivity contribution in [1.82, 2.24) is 68.6 Å². The van der Waals surface area contributed by atoms with Crippen LogP contribution in [-0.4, -0.2) is 110 Å². The number of rotatable bonds is 16. The first-order valence-corrected chi connectivity index (χ1v) is 27.2. The molecule has 0 spiro atoms. The van der Waals surface area contributed by atoms with Crippen LogP contribution < -0.4 is 9.47 Å². The van der Waals surface area contributed by atoms with E-state index in [-0.39, 0.29) is 23.3 Å². The Hall–Kier alpha value is -8.38. The largest absolute Gasteiger partial charge is 0.480 e. The minimum Gasteiger partial charge on any atom is -0.480 e. The van der Waals surface area contributed by atoms with Crippen LogP contribution in [0.2, 0.25) is 0 Å². The Morgan fingerprint density at radius 3 is 1.25 bits per heavy atom. The van der Waals surface area contributed by atoms with Gasteiger partial charge in [0.25, 0.3) is 0 Å². The highest BCUT2D eigenvalue weighted by atomic mass is 32.2. The Labute approximate surface area is 436 Å². The van der Waals surface area contributed by atoms with E-state index in [2.05, 4.69) is 50.3 Å². The molecule has 392 valence electrons. The Kier molecular flexibility index (Phi) is 14.8. The Balaban J connectivity index is 0.000000186. The Bertz CT molecular complexity index is 3680. The van der Waals surface area contributed by atoms with Gasteiger partial charge in [-0.15, -0.1) is 20.4 Å². The van der Waals surface area contributed by atoms with Gasteiger partial charge in [-0.1, -0.05) is 50.2 Å². The number of nitrogens with zero attached hydrogens (tertiary/aromatic N) is 14. The van der Waals surface area contributed by atoms with Crippen molar-refractivity contribution in [3.8, 4) is 45.9 Å². The number of hydrogen-bond acceptors (Lipinski definition) is 16. The van der Waals surface area contributed by atoms with Crippen LogP contribution in [0.5, 0.6) is 11.8 Å². The summed E-state index contributed by atoms with van der Waals surface area (Å²) in [6.45, 7) is 6.60. The van der Waals surface area contributed by atoms with Crippen molar-refractivity contribution in [3.05, 3.63) is 157 Å². The first-order valence-electron chi connectivity index (χ1n) is 23.8. The molecule has 0 saturated carbocycles. The molecule has 0 N–H and O–H groups in total. The van der Waals surface area contributed by atoms with E-state index in [9.17, 15) is 25.6 Å². The van der Waals surface area contributed by atoms with Crippen molar-refractivity contribution in [2.45, 2.75) is 61.5 Å². The van der Waals surface area contributed by atoms with Crippen LogP contribution in [0.3, 0.4) is 0 Å². The monoisotopic (exact) mass is 1070 g/mol. The number of sulfone groups is 2. The highest BCUT2D eigenvalue weighted by molar-refractivity contribution is 7.91. The number of fused-ring (bicyclic) bond motifs is 2. The fourth-order valence-electron chi connectivity index (χ4n) is 8.90. The third-order valence-electron chi connectivity index (χ3n) is 13.4. The van der Waals surface area contributed by atoms with E-state index >= 15 is 0 Å². The standard InChI is InChI=1S/2C26H26FN7O3S/c2*1-16(24-29-12-18(27)13-30-24)17(2)38(35,36)15-23-31-32-25(20-9-7-11-28-26(20)37-4)34(23)22-14-33(3)21-10-6-5-8-19(21)22/h2*5-14,16-17H,15H2,1-4H3/t2*16-,17-/m10/s1. The summed E-state index contributed by atoms with van der Waals surface area (Å²) in [4.78, 5) is 24.5. The lowest BCUT2D eigenvalue weighted by molar-refractivity contribution is 0.399. The normalized spacial score (nSPS) is 13.5. The predicted octanol–water partition coefficient (Wildman–Crippen LogP) is 7.73. The fraction of sp³-hybridized carbons (Fsp3) is 0.269. The summed E-state index contributed by atoms with van der Waals surface area (Å²) >= 11 is 0. The predicted molar refractivity (Wildman–Crippen MR) is 280 cm³/mol. The third-order valence-corrected chi connectivity index (χ3v) is 17.8. The molecule has 0 aliphatic carbocycles. The molecule has 8 aromatic heterocycles. The lowest BCUT2D eigenvalue weighted by atomic mass is 10.1. The van der Waals surface area contributed by atoms with Gasteiger partial charge in [0, 0.05) is 72.5 Å². The van der Waals surface area contributed by atoms with Crippen molar-refractivity contribution < 1.29 is 35.1 Å². The van der Waals surface area contributed by atoms with Crippen LogP contribution in [0.4, 0.5) is 8.78 Å². The maximum atomic E-state index is 13.6. The summed E-state index contributed by atoms with van der Waals surface area (Å²) < 4.78 is 99.6. The second-order valence-electron chi connectivity index (χ2n) is 18.1. The number of para-hydroxylation sites is 2. The molecule has 0 aliphatic heterocycles. The summed E-state index contributed by atoms with van der Waals surface area (Å²) in [5.41, 5.74) is 4.51. The van der Waals surface area contributed by atoms with Gasteiger partial charge in [-0.3, -0.25) is 9.13 Å². The molecule has 0 unspecified atom stereocenters. The molecule has 4 atom stereocenters. The average molecular weight is 1070 g/mol. The molecule has 10 rings (SSSR count). The zero-order valence-electron chi connectivity index (χ0n) is 42.6. The van der Waals surface area contributed by atoms with Gasteiger partial charge < -0.3 is 18.6 Å². The van der Waals surface area contributed by atoms with Crippen molar-refractivity contribution in [1.29, 1.82) is 0 Å². The lowest BCUT2D eigenvalue weighted by Crippen LogP contribution is -2.27. The maximum Gasteiger partial charge on any atom is 0.224 e. The van der Waals surface area contributed by atoms with Gasteiger partial charge in [-0.05, 0) is 50.2 Å². The first-order chi connectivity index (χ1) is 36.4. The molecule has 10 aromatic rings. The van der Waals surface area contributed by atoms with Crippen molar-refractivity contribution in [3.63, 3.8) is 0 Å². The van der Waals surface area contributed by atoms with Crippen LogP contribution in [0.15, 0.2) is 122 Å². The SMILES string of the molecule is COc1ncccc1-c1nnc(CS(=O)(=O)[C@@H](C)[C@H](C)c2ncc(F)cn2)n1-c1cn(C)c2ccccc12.COc1ncccc1-c1nnc(CS(=O)(=O)[C@H](C)[C@@H](C)c2ncc(F)cn2)n1-c1cn(C)c2ccccc12. The van der Waals surface area contributed by atoms with Crippen molar-refractivity contribution >= 4 is 41.5 Å². The number of benzene rings is 2. The average Bonchev–Trinajstić information content (AvgIpc) is 4.21. The first kappa shape index (κ1) is 52.5. The molecule has 24 heteroatoms. The minimum atomic E-state index is -3.78. The molecule has 20 nitrogen and oxygen atoms in total. The van der Waals surface area contributed by atoms with Gasteiger partial charge in [0.15, 0.2) is 54.6 Å². The highest BCUT2D eigenvalue weighted by Crippen LogP contribution is 2.36. The molecule has 76 heavy (non-hydrogen) atoms. The smallest absolute Gasteiger partial charge is 0.224 e. The van der Waals surface area contributed by atoms with Gasteiger partial charge >= 0.3 is 0 Å². The van der Waals surface area contributed by atoms with E-state index < -0.39 is 65.2 Å². The summed E-state index contributed by atoms with van der Waals surface area (Å²) in [6, 6.07) is 22.7. The number of aryl methyl sites for hydroxylation is 2. The van der Waals surface area contributed by atoms with E-state index in [1.54, 1.807) is 73.5 Å². The molecule has 0 aliphatic rings. The number of pyridine rings is 2. The molecule has 2 aromatic carbocycles. The van der Waals surface area contributed by atoms with Crippen LogP contribution in [-0.2, 0) is 45.3 Å². The Morgan fingerprint density at radius 1 is 0.513 bits per heavy atom. The number of ether oxygens (including phenoxy) is 2. The topological polar surface area (TPSA) is 235 Å². The number of hydrogen-bond donors (Lipinski definition) is 0. The quantitative estimate of drug-likeness (QED) is 0.0900. The molecular formula is C52H52F2N14O6S2. The zero-order chi connectivity index (χ0) is 54.1. The van der Waals surface area contributed by atoms with Crippen LogP contribution >= 0.6 is 0 Å². The van der Waals surface area contributed by atoms with Gasteiger partial charge in [0.05, 0.1) is 72.0 Å². The molecule has 0 saturated heterocycles. The molecular weight excluding hydrogens is 1020 g/mol. The number of halogens is 2. The van der Waals surface area contributed by atoms with E-state index in [4.69, 9.17) is 9.47 Å². The molecule has 8 heterocycles. The summed E-state index contributed by atoms with van der Waals surface area (Å²) in [5.74, 6) is -0.650. The summed E-state index contributed by atoms with van der Waals surface area (Å²) in [6.07, 6.45) is 11.2. The Morgan fingerprint density at radius 2 is 0.882 bits per heavy atom. The summed E-state index contributed by atoms with van der Waals surface area (Å²) in [7, 11) is -0.706. The summed E-state index contributed by atoms with van der Waals surface area (Å²) in [5, 5.41) is 17.5. The fourth-order valence-corrected chi connectivity index (χ4v) is 12.0.